The van der Waals surface area contributed by atoms with Crippen molar-refractivity contribution >= 4 is 11.9 Å². The van der Waals surface area contributed by atoms with E-state index in [9.17, 15) is 9.59 Å². The Bertz CT molecular complexity index is 693. The second-order valence-electron chi connectivity index (χ2n) is 9.01. The summed E-state index contributed by atoms with van der Waals surface area (Å²) in [7, 11) is 2.83. The van der Waals surface area contributed by atoms with E-state index >= 15 is 0 Å². The minimum absolute atomic E-state index is 0.0204. The van der Waals surface area contributed by atoms with Gasteiger partial charge in [-0.05, 0) is 49.4 Å². The Morgan fingerprint density at radius 3 is 1.84 bits per heavy atom. The molecule has 0 N–H and O–H groups in total. The monoisotopic (exact) mass is 344 g/mol. The normalized spacial score (nSPS) is 49.5. The molecule has 0 aromatic carbocycles. The molecule has 5 nitrogen and oxygen atoms in total. The highest BCUT2D eigenvalue weighted by atomic mass is 16.6. The first-order valence-corrected chi connectivity index (χ1v) is 9.69. The van der Waals surface area contributed by atoms with E-state index in [1.54, 1.807) is 0 Å². The molecule has 6 rings (SSSR count). The molecule has 0 amide bonds. The predicted octanol–water partition coefficient (Wildman–Crippen LogP) is 2.39. The molecule has 5 fully saturated rings. The van der Waals surface area contributed by atoms with E-state index < -0.39 is 0 Å². The molecule has 4 saturated carbocycles. The maximum Gasteiger partial charge on any atom is 0.334 e. The van der Waals surface area contributed by atoms with Gasteiger partial charge in [0.1, 0.15) is 11.2 Å². The van der Waals surface area contributed by atoms with Crippen molar-refractivity contribution in [3.8, 4) is 0 Å². The molecule has 6 atom stereocenters. The Morgan fingerprint density at radius 2 is 1.40 bits per heavy atom. The highest BCUT2D eigenvalue weighted by Crippen LogP contribution is 2.90. The van der Waals surface area contributed by atoms with E-state index in [0.717, 1.165) is 12.8 Å². The average Bonchev–Trinajstić information content (AvgIpc) is 3.13. The average molecular weight is 344 g/mol. The van der Waals surface area contributed by atoms with Crippen LogP contribution in [0.5, 0.6) is 0 Å². The van der Waals surface area contributed by atoms with Crippen molar-refractivity contribution in [1.82, 2.24) is 0 Å². The second kappa shape index (κ2) is 4.13. The molecule has 4 bridgehead atoms. The molecule has 1 spiro atoms. The van der Waals surface area contributed by atoms with Gasteiger partial charge in [-0.1, -0.05) is 12.8 Å². The van der Waals surface area contributed by atoms with Gasteiger partial charge in [-0.2, -0.15) is 0 Å². The number of carbonyl (C=O) groups excluding carboxylic acids is 2. The topological polar surface area (TPSA) is 65.1 Å². The number of methoxy groups -OCH3 is 2. The molecule has 134 valence electrons. The smallest absolute Gasteiger partial charge is 0.334 e. The Hall–Kier alpha value is -1.36. The van der Waals surface area contributed by atoms with Gasteiger partial charge in [-0.25, -0.2) is 9.59 Å². The zero-order valence-corrected chi connectivity index (χ0v) is 14.8. The molecule has 5 aliphatic carbocycles. The number of epoxide rings is 1. The van der Waals surface area contributed by atoms with Crippen molar-refractivity contribution in [2.45, 2.75) is 56.1 Å². The predicted molar refractivity (Wildman–Crippen MR) is 86.3 cm³/mol. The first-order valence-electron chi connectivity index (χ1n) is 9.69. The molecule has 5 heteroatoms. The minimum Gasteiger partial charge on any atom is -0.466 e. The lowest BCUT2D eigenvalue weighted by Gasteiger charge is -2.38. The summed E-state index contributed by atoms with van der Waals surface area (Å²) < 4.78 is 16.9. The van der Waals surface area contributed by atoms with Crippen LogP contribution < -0.4 is 0 Å². The van der Waals surface area contributed by atoms with Crippen molar-refractivity contribution < 1.29 is 23.8 Å². The van der Waals surface area contributed by atoms with Crippen LogP contribution in [0.15, 0.2) is 11.1 Å². The van der Waals surface area contributed by atoms with Crippen molar-refractivity contribution in [3.63, 3.8) is 0 Å². The van der Waals surface area contributed by atoms with Crippen molar-refractivity contribution in [3.05, 3.63) is 11.1 Å². The largest absolute Gasteiger partial charge is 0.466 e. The fourth-order valence-electron chi connectivity index (χ4n) is 8.48. The number of fused-ring (bicyclic) bond motifs is 2. The van der Waals surface area contributed by atoms with Gasteiger partial charge in [0, 0.05) is 11.8 Å². The Balaban J connectivity index is 1.62. The van der Waals surface area contributed by atoms with Gasteiger partial charge in [-0.3, -0.25) is 0 Å². The van der Waals surface area contributed by atoms with Crippen LogP contribution in [0, 0.1) is 29.1 Å². The lowest BCUT2D eigenvalue weighted by Crippen LogP contribution is -2.42. The van der Waals surface area contributed by atoms with Crippen LogP contribution in [0.2, 0.25) is 0 Å². The maximum atomic E-state index is 12.8. The zero-order chi connectivity index (χ0) is 17.2. The van der Waals surface area contributed by atoms with Crippen LogP contribution in [0.25, 0.3) is 0 Å². The molecular weight excluding hydrogens is 320 g/mol. The van der Waals surface area contributed by atoms with E-state index in [1.807, 2.05) is 0 Å². The highest BCUT2D eigenvalue weighted by Gasteiger charge is 2.97. The van der Waals surface area contributed by atoms with E-state index in [1.165, 1.54) is 46.3 Å². The Kier molecular flexibility index (Phi) is 2.44. The fraction of sp³-hybridized carbons (Fsp3) is 0.800. The highest BCUT2D eigenvalue weighted by molar-refractivity contribution is 6.04. The number of rotatable bonds is 2. The summed E-state index contributed by atoms with van der Waals surface area (Å²) in [6.45, 7) is 0. The number of carbonyl (C=O) groups is 2. The lowest BCUT2D eigenvalue weighted by molar-refractivity contribution is -0.140. The maximum absolute atomic E-state index is 12.8. The summed E-state index contributed by atoms with van der Waals surface area (Å²) in [6, 6.07) is 0. The quantitative estimate of drug-likeness (QED) is 0.568. The molecular formula is C20H24O5. The minimum atomic E-state index is -0.347. The SMILES string of the molecule is COC(=O)C1=C(C(=O)OC)C2C3(CCCC3)C1C13OC21C1CCC3C1. The summed E-state index contributed by atoms with van der Waals surface area (Å²) in [5, 5.41) is 0. The molecule has 25 heavy (non-hydrogen) atoms. The molecule has 0 aromatic rings. The molecule has 0 aromatic heterocycles. The molecule has 1 aliphatic heterocycles. The van der Waals surface area contributed by atoms with Crippen LogP contribution >= 0.6 is 0 Å². The standard InChI is InChI=1S/C20H24O5/c1-23-16(21)12-13(17(22)24-2)15-18(7-3-4-8-18)14(12)19-10-5-6-11(9-10)20(15,19)25-19/h10-11,14-15H,3-9H2,1-2H3. The van der Waals surface area contributed by atoms with Gasteiger partial charge < -0.3 is 14.2 Å². The third-order valence-electron chi connectivity index (χ3n) is 8.77. The zero-order valence-electron chi connectivity index (χ0n) is 14.8. The molecule has 1 heterocycles. The van der Waals surface area contributed by atoms with Crippen molar-refractivity contribution in [2.24, 2.45) is 29.1 Å². The number of hydrogen-bond acceptors (Lipinski definition) is 5. The van der Waals surface area contributed by atoms with Gasteiger partial charge in [0.15, 0.2) is 0 Å². The van der Waals surface area contributed by atoms with Gasteiger partial charge in [-0.15, -0.1) is 0 Å². The number of esters is 2. The Morgan fingerprint density at radius 1 is 0.920 bits per heavy atom. The van der Waals surface area contributed by atoms with Crippen LogP contribution in [0.1, 0.15) is 44.9 Å². The van der Waals surface area contributed by atoms with Gasteiger partial charge >= 0.3 is 11.9 Å². The molecule has 1 saturated heterocycles. The number of hydrogen-bond donors (Lipinski definition) is 0. The third kappa shape index (κ3) is 1.20. The van der Waals surface area contributed by atoms with Crippen molar-refractivity contribution in [1.29, 1.82) is 0 Å². The summed E-state index contributed by atoms with van der Waals surface area (Å²) in [5.41, 5.74) is 0.841. The van der Waals surface area contributed by atoms with Gasteiger partial charge in [0.2, 0.25) is 0 Å². The molecule has 6 aliphatic rings. The first kappa shape index (κ1) is 14.8. The summed E-state index contributed by atoms with van der Waals surface area (Å²) in [5.74, 6) is 0.460. The van der Waals surface area contributed by atoms with Crippen LogP contribution in [0.3, 0.4) is 0 Å². The molecule has 6 unspecified atom stereocenters. The van der Waals surface area contributed by atoms with E-state index in [4.69, 9.17) is 14.2 Å². The summed E-state index contributed by atoms with van der Waals surface area (Å²) in [6.07, 6.45) is 8.15. The number of ether oxygens (including phenoxy) is 3. The van der Waals surface area contributed by atoms with Crippen molar-refractivity contribution in [2.75, 3.05) is 14.2 Å². The summed E-state index contributed by atoms with van der Waals surface area (Å²) >= 11 is 0. The lowest BCUT2D eigenvalue weighted by atomic mass is 9.68. The second-order valence-corrected chi connectivity index (χ2v) is 9.01. The van der Waals surface area contributed by atoms with Gasteiger partial charge in [0.05, 0.1) is 25.4 Å². The van der Waals surface area contributed by atoms with E-state index in [0.29, 0.717) is 23.0 Å². The Labute approximate surface area is 147 Å². The van der Waals surface area contributed by atoms with E-state index in [-0.39, 0.29) is 40.4 Å². The third-order valence-corrected chi connectivity index (χ3v) is 8.77. The van der Waals surface area contributed by atoms with Crippen LogP contribution in [-0.2, 0) is 23.8 Å². The van der Waals surface area contributed by atoms with Gasteiger partial charge in [0.25, 0.3) is 0 Å². The van der Waals surface area contributed by atoms with Crippen LogP contribution in [0.4, 0.5) is 0 Å². The van der Waals surface area contributed by atoms with Crippen LogP contribution in [-0.4, -0.2) is 37.4 Å². The summed E-state index contributed by atoms with van der Waals surface area (Å²) in [4.78, 5) is 25.6. The molecule has 0 radical (unpaired) electrons. The van der Waals surface area contributed by atoms with E-state index in [2.05, 4.69) is 0 Å². The fourth-order valence-corrected chi connectivity index (χ4v) is 8.48. The first-order chi connectivity index (χ1) is 12.1.